The first kappa shape index (κ1) is 22.3. The molecule has 0 saturated carbocycles. The lowest BCUT2D eigenvalue weighted by Crippen LogP contribution is -2.32. The molecule has 0 unspecified atom stereocenters. The molecule has 5 nitrogen and oxygen atoms in total. The Labute approximate surface area is 214 Å². The molecule has 3 aromatic carbocycles. The molecule has 6 rings (SSSR count). The molecule has 2 aliphatic rings. The van der Waals surface area contributed by atoms with Crippen LogP contribution < -0.4 is 10.1 Å². The number of aryl methyl sites for hydroxylation is 2. The van der Waals surface area contributed by atoms with Crippen LogP contribution in [0.3, 0.4) is 0 Å². The van der Waals surface area contributed by atoms with Crippen LogP contribution in [0.4, 0.5) is 5.95 Å². The molecule has 0 spiro atoms. The van der Waals surface area contributed by atoms with Crippen LogP contribution in [0.5, 0.6) is 5.75 Å². The number of ether oxygens (including phenoxy) is 1. The third kappa shape index (κ3) is 3.83. The molecule has 1 aromatic heterocycles. The van der Waals surface area contributed by atoms with Crippen molar-refractivity contribution in [2.24, 2.45) is 0 Å². The first-order chi connectivity index (χ1) is 17.1. The lowest BCUT2D eigenvalue weighted by Gasteiger charge is -2.39. The van der Waals surface area contributed by atoms with Gasteiger partial charge in [-0.25, -0.2) is 4.68 Å². The smallest absolute Gasteiger partial charge is 0.227 e. The number of rotatable bonds is 4. The molecule has 0 amide bonds. The van der Waals surface area contributed by atoms with E-state index in [0.717, 1.165) is 44.8 Å². The third-order valence-electron chi connectivity index (χ3n) is 6.60. The van der Waals surface area contributed by atoms with Crippen LogP contribution in [0.25, 0.3) is 5.70 Å². The van der Waals surface area contributed by atoms with E-state index in [1.54, 1.807) is 23.5 Å². The second kappa shape index (κ2) is 8.81. The maximum absolute atomic E-state index is 6.77. The summed E-state index contributed by atoms with van der Waals surface area (Å²) in [5.41, 5.74) is 7.97. The third-order valence-corrected chi connectivity index (χ3v) is 7.88. The minimum atomic E-state index is -0.259. The van der Waals surface area contributed by atoms with Crippen LogP contribution in [-0.2, 0) is 0 Å². The Morgan fingerprint density at radius 3 is 2.29 bits per heavy atom. The average molecular weight is 499 g/mol. The van der Waals surface area contributed by atoms with E-state index in [1.807, 2.05) is 10.9 Å². The molecule has 0 fully saturated rings. The van der Waals surface area contributed by atoms with Gasteiger partial charge in [0.05, 0.1) is 5.70 Å². The van der Waals surface area contributed by atoms with Gasteiger partial charge in [0.2, 0.25) is 11.1 Å². The number of fused-ring (bicyclic) bond motifs is 3. The summed E-state index contributed by atoms with van der Waals surface area (Å²) in [4.78, 5) is 6.03. The van der Waals surface area contributed by atoms with Gasteiger partial charge in [-0.15, -0.1) is 16.9 Å². The Balaban J connectivity index is 1.62. The van der Waals surface area contributed by atoms with Crippen molar-refractivity contribution in [3.63, 3.8) is 0 Å². The van der Waals surface area contributed by atoms with Crippen LogP contribution in [0.1, 0.15) is 40.0 Å². The van der Waals surface area contributed by atoms with E-state index < -0.39 is 0 Å². The zero-order valence-corrected chi connectivity index (χ0v) is 21.7. The lowest BCUT2D eigenvalue weighted by atomic mass is 9.84. The van der Waals surface area contributed by atoms with Crippen LogP contribution in [-0.4, -0.2) is 27.3 Å². The number of aromatic nitrogens is 3. The summed E-state index contributed by atoms with van der Waals surface area (Å²) in [6, 6.07) is 23.6. The molecule has 0 radical (unpaired) electrons. The van der Waals surface area contributed by atoms with Crippen LogP contribution in [0.15, 0.2) is 82.4 Å². The van der Waals surface area contributed by atoms with Crippen molar-refractivity contribution >= 4 is 35.2 Å². The van der Waals surface area contributed by atoms with Crippen molar-refractivity contribution in [3.05, 3.63) is 100 Å². The van der Waals surface area contributed by atoms with Crippen molar-refractivity contribution in [1.29, 1.82) is 0 Å². The van der Waals surface area contributed by atoms with Gasteiger partial charge >= 0.3 is 0 Å². The molecule has 0 aliphatic carbocycles. The summed E-state index contributed by atoms with van der Waals surface area (Å²) in [5, 5.41) is 9.27. The molecular formula is C28H26N4OS2. The van der Waals surface area contributed by atoms with Crippen molar-refractivity contribution < 1.29 is 4.74 Å². The summed E-state index contributed by atoms with van der Waals surface area (Å²) in [5.74, 6) is 1.63. The van der Waals surface area contributed by atoms with Gasteiger partial charge in [0.1, 0.15) is 17.9 Å². The van der Waals surface area contributed by atoms with Gasteiger partial charge < -0.3 is 10.1 Å². The Hall–Kier alpha value is -3.16. The Bertz CT molecular complexity index is 1440. The summed E-state index contributed by atoms with van der Waals surface area (Å²) < 4.78 is 8.78. The Morgan fingerprint density at radius 2 is 1.57 bits per heavy atom. The molecule has 3 heterocycles. The minimum Gasteiger partial charge on any atom is -0.480 e. The molecule has 2 aliphatic heterocycles. The molecular weight excluding hydrogens is 472 g/mol. The molecule has 0 saturated heterocycles. The lowest BCUT2D eigenvalue weighted by molar-refractivity contribution is 0.223. The first-order valence-corrected chi connectivity index (χ1v) is 14.0. The maximum Gasteiger partial charge on any atom is 0.227 e. The fourth-order valence-electron chi connectivity index (χ4n) is 4.83. The zero-order chi connectivity index (χ0) is 24.1. The molecule has 1 N–H and O–H groups in total. The fraction of sp³-hybridized carbons (Fsp3) is 0.214. The van der Waals surface area contributed by atoms with Gasteiger partial charge in [0, 0.05) is 16.0 Å². The summed E-state index contributed by atoms with van der Waals surface area (Å²) in [6.07, 6.45) is 3.84. The number of thioether (sulfide) groups is 2. The van der Waals surface area contributed by atoms with Gasteiger partial charge in [0.25, 0.3) is 0 Å². The van der Waals surface area contributed by atoms with Crippen LogP contribution in [0.2, 0.25) is 0 Å². The second-order valence-electron chi connectivity index (χ2n) is 8.91. The van der Waals surface area contributed by atoms with Crippen molar-refractivity contribution in [3.8, 4) is 5.75 Å². The largest absolute Gasteiger partial charge is 0.480 e. The number of hydrogen-bond donors (Lipinski definition) is 1. The molecule has 0 bridgehead atoms. The number of benzene rings is 3. The molecule has 4 aromatic rings. The van der Waals surface area contributed by atoms with Crippen molar-refractivity contribution in [1.82, 2.24) is 14.8 Å². The number of nitrogens with zero attached hydrogens (tertiary/aromatic N) is 3. The molecule has 7 heteroatoms. The molecule has 35 heavy (non-hydrogen) atoms. The standard InChI is InChI=1S/C28H26N4OS2/c1-16-5-8-18(9-6-16)25-23-24(29-27-30-28(35-4)31-32(25)27)21-15-17(2)7-14-22(21)33-26(23)19-10-12-20(34-3)13-11-19/h5-15,25-26H,1-4H3,(H,29,30,31)/t25-,26+/m0/s1. The Kier molecular flexibility index (Phi) is 5.61. The van der Waals surface area contributed by atoms with Crippen molar-refractivity contribution in [2.75, 3.05) is 17.8 Å². The minimum absolute atomic E-state index is 0.144. The van der Waals surface area contributed by atoms with Crippen molar-refractivity contribution in [2.45, 2.75) is 36.0 Å². The van der Waals surface area contributed by atoms with Gasteiger partial charge in [0.15, 0.2) is 0 Å². The van der Waals surface area contributed by atoms with E-state index in [-0.39, 0.29) is 12.1 Å². The normalized spacial score (nSPS) is 18.3. The Morgan fingerprint density at radius 1 is 0.857 bits per heavy atom. The summed E-state index contributed by atoms with van der Waals surface area (Å²) in [7, 11) is 0. The van der Waals surface area contributed by atoms with Gasteiger partial charge in [-0.1, -0.05) is 65.4 Å². The highest BCUT2D eigenvalue weighted by Crippen LogP contribution is 2.51. The predicted octanol–water partition coefficient (Wildman–Crippen LogP) is 6.90. The second-order valence-corrected chi connectivity index (χ2v) is 10.6. The van der Waals surface area contributed by atoms with E-state index in [2.05, 4.69) is 92.2 Å². The SMILES string of the molecule is CSc1ccc([C@H]2Oc3ccc(C)cc3C3=C2[C@H](c2ccc(C)cc2)n2nc(SC)nc2N3)cc1. The summed E-state index contributed by atoms with van der Waals surface area (Å²) in [6.45, 7) is 4.23. The van der Waals surface area contributed by atoms with Crippen LogP contribution in [0, 0.1) is 13.8 Å². The summed E-state index contributed by atoms with van der Waals surface area (Å²) >= 11 is 3.29. The fourth-order valence-corrected chi connectivity index (χ4v) is 5.59. The number of hydrogen-bond acceptors (Lipinski definition) is 6. The van der Waals surface area contributed by atoms with Gasteiger partial charge in [-0.2, -0.15) is 4.98 Å². The molecule has 176 valence electrons. The van der Waals surface area contributed by atoms with E-state index >= 15 is 0 Å². The highest BCUT2D eigenvalue weighted by atomic mass is 32.2. The van der Waals surface area contributed by atoms with Gasteiger partial charge in [-0.05, 0) is 61.8 Å². The van der Waals surface area contributed by atoms with E-state index in [1.165, 1.54) is 16.0 Å². The number of nitrogens with one attached hydrogen (secondary N) is 1. The first-order valence-electron chi connectivity index (χ1n) is 11.6. The van der Waals surface area contributed by atoms with E-state index in [4.69, 9.17) is 14.8 Å². The predicted molar refractivity (Wildman–Crippen MR) is 144 cm³/mol. The maximum atomic E-state index is 6.77. The van der Waals surface area contributed by atoms with E-state index in [9.17, 15) is 0 Å². The molecule has 2 atom stereocenters. The topological polar surface area (TPSA) is 52.0 Å². The van der Waals surface area contributed by atoms with Gasteiger partial charge in [-0.3, -0.25) is 0 Å². The average Bonchev–Trinajstić information content (AvgIpc) is 3.31. The monoisotopic (exact) mass is 498 g/mol. The zero-order valence-electron chi connectivity index (χ0n) is 20.1. The quantitative estimate of drug-likeness (QED) is 0.309. The highest BCUT2D eigenvalue weighted by Gasteiger charge is 2.41. The highest BCUT2D eigenvalue weighted by molar-refractivity contribution is 7.98. The number of anilines is 1. The van der Waals surface area contributed by atoms with Crippen LogP contribution >= 0.6 is 23.5 Å². The van der Waals surface area contributed by atoms with E-state index in [0.29, 0.717) is 0 Å².